The second-order valence-electron chi connectivity index (χ2n) is 4.33. The Morgan fingerprint density at radius 2 is 1.89 bits per heavy atom. The Morgan fingerprint density at radius 3 is 2.47 bits per heavy atom. The normalized spacial score (nSPS) is 11.6. The Hall–Kier alpha value is -1.56. The summed E-state index contributed by atoms with van der Waals surface area (Å²) in [5.41, 5.74) is 0.547. The fourth-order valence-corrected chi connectivity index (χ4v) is 1.63. The van der Waals surface area contributed by atoms with Crippen LogP contribution in [0.1, 0.15) is 16.8 Å². The number of hydrogen-bond donors (Lipinski definition) is 1. The maximum atomic E-state index is 12.1. The third-order valence-corrected chi connectivity index (χ3v) is 2.49. The van der Waals surface area contributed by atoms with Crippen LogP contribution in [-0.4, -0.2) is 43.7 Å². The molecule has 0 aliphatic rings. The fraction of sp³-hybridized carbons (Fsp3) is 0.462. The quantitative estimate of drug-likeness (QED) is 0.807. The average molecular weight is 274 g/mol. The van der Waals surface area contributed by atoms with E-state index in [9.17, 15) is 18.0 Å². The van der Waals surface area contributed by atoms with Gasteiger partial charge in [0.05, 0.1) is 6.54 Å². The van der Waals surface area contributed by atoms with Gasteiger partial charge in [0.2, 0.25) is 0 Å². The Bertz CT molecular complexity index is 393. The number of rotatable bonds is 6. The zero-order valence-corrected chi connectivity index (χ0v) is 10.7. The van der Waals surface area contributed by atoms with Crippen molar-refractivity contribution in [2.75, 3.05) is 26.7 Å². The summed E-state index contributed by atoms with van der Waals surface area (Å²) in [4.78, 5) is 12.8. The summed E-state index contributed by atoms with van der Waals surface area (Å²) in [7, 11) is 1.41. The molecule has 0 aromatic heterocycles. The molecule has 6 heteroatoms. The first-order valence-electron chi connectivity index (χ1n) is 5.97. The summed E-state index contributed by atoms with van der Waals surface area (Å²) < 4.78 is 36.2. The summed E-state index contributed by atoms with van der Waals surface area (Å²) in [5, 5.41) is 2.67. The molecular weight excluding hydrogens is 257 g/mol. The molecule has 19 heavy (non-hydrogen) atoms. The lowest BCUT2D eigenvalue weighted by Crippen LogP contribution is -2.33. The van der Waals surface area contributed by atoms with Gasteiger partial charge in [-0.15, -0.1) is 0 Å². The van der Waals surface area contributed by atoms with Crippen LogP contribution in [0.5, 0.6) is 0 Å². The molecule has 1 aromatic carbocycles. The number of carbonyl (C=O) groups excluding carboxylic acids is 1. The molecule has 0 aliphatic heterocycles. The minimum Gasteiger partial charge on any atom is -0.352 e. The molecule has 1 rings (SSSR count). The van der Waals surface area contributed by atoms with Gasteiger partial charge >= 0.3 is 6.18 Å². The van der Waals surface area contributed by atoms with Crippen molar-refractivity contribution in [1.29, 1.82) is 0 Å². The number of alkyl halides is 3. The van der Waals surface area contributed by atoms with Gasteiger partial charge in [0.25, 0.3) is 5.91 Å². The molecule has 0 heterocycles. The second-order valence-corrected chi connectivity index (χ2v) is 4.33. The Morgan fingerprint density at radius 1 is 1.26 bits per heavy atom. The molecule has 0 saturated carbocycles. The van der Waals surface area contributed by atoms with Crippen LogP contribution in [0.15, 0.2) is 30.3 Å². The van der Waals surface area contributed by atoms with Crippen LogP contribution >= 0.6 is 0 Å². The van der Waals surface area contributed by atoms with Crippen LogP contribution in [0.3, 0.4) is 0 Å². The van der Waals surface area contributed by atoms with Gasteiger partial charge in [-0.1, -0.05) is 18.2 Å². The fourth-order valence-electron chi connectivity index (χ4n) is 1.63. The zero-order chi connectivity index (χ0) is 14.3. The lowest BCUT2D eigenvalue weighted by atomic mass is 10.2. The van der Waals surface area contributed by atoms with E-state index in [1.807, 2.05) is 6.07 Å². The largest absolute Gasteiger partial charge is 0.401 e. The Kier molecular flexibility index (Phi) is 5.82. The smallest absolute Gasteiger partial charge is 0.352 e. The van der Waals surface area contributed by atoms with Crippen LogP contribution in [0.2, 0.25) is 0 Å². The highest BCUT2D eigenvalue weighted by molar-refractivity contribution is 5.94. The molecule has 0 spiro atoms. The molecule has 0 fully saturated rings. The minimum atomic E-state index is -4.18. The molecule has 1 aromatic rings. The topological polar surface area (TPSA) is 32.3 Å². The van der Waals surface area contributed by atoms with Gasteiger partial charge in [-0.2, -0.15) is 13.2 Å². The first kappa shape index (κ1) is 15.5. The van der Waals surface area contributed by atoms with E-state index >= 15 is 0 Å². The minimum absolute atomic E-state index is 0.209. The zero-order valence-electron chi connectivity index (χ0n) is 10.7. The lowest BCUT2D eigenvalue weighted by molar-refractivity contribution is -0.143. The van der Waals surface area contributed by atoms with E-state index in [1.54, 1.807) is 24.3 Å². The van der Waals surface area contributed by atoms with E-state index in [2.05, 4.69) is 5.32 Å². The Balaban J connectivity index is 2.19. The molecule has 0 aliphatic carbocycles. The van der Waals surface area contributed by atoms with Crippen molar-refractivity contribution in [3.63, 3.8) is 0 Å². The highest BCUT2D eigenvalue weighted by Crippen LogP contribution is 2.15. The number of hydrogen-bond acceptors (Lipinski definition) is 2. The van der Waals surface area contributed by atoms with E-state index in [0.717, 1.165) is 0 Å². The summed E-state index contributed by atoms with van der Waals surface area (Å²) in [5.74, 6) is -0.209. The second kappa shape index (κ2) is 7.13. The summed E-state index contributed by atoms with van der Waals surface area (Å²) in [6, 6.07) is 8.69. The predicted octanol–water partition coefficient (Wildman–Crippen LogP) is 2.30. The maximum absolute atomic E-state index is 12.1. The summed E-state index contributed by atoms with van der Waals surface area (Å²) in [6.45, 7) is -0.288. The highest BCUT2D eigenvalue weighted by Gasteiger charge is 2.28. The van der Waals surface area contributed by atoms with Crippen molar-refractivity contribution in [2.45, 2.75) is 12.6 Å². The maximum Gasteiger partial charge on any atom is 0.401 e. The molecule has 1 N–H and O–H groups in total. The molecule has 1 amide bonds. The van der Waals surface area contributed by atoms with Crippen molar-refractivity contribution < 1.29 is 18.0 Å². The van der Waals surface area contributed by atoms with Gasteiger partial charge in [0.15, 0.2) is 0 Å². The van der Waals surface area contributed by atoms with Gasteiger partial charge in [-0.05, 0) is 32.1 Å². The molecular formula is C13H17F3N2O. The van der Waals surface area contributed by atoms with Crippen LogP contribution < -0.4 is 5.32 Å². The molecule has 0 radical (unpaired) electrons. The number of benzene rings is 1. The molecule has 0 saturated heterocycles. The van der Waals surface area contributed by atoms with Crippen LogP contribution in [0, 0.1) is 0 Å². The number of nitrogens with one attached hydrogen (secondary N) is 1. The molecule has 0 bridgehead atoms. The lowest BCUT2D eigenvalue weighted by Gasteiger charge is -2.18. The third kappa shape index (κ3) is 6.81. The Labute approximate surface area is 110 Å². The SMILES string of the molecule is CN(CCCNC(=O)c1ccccc1)CC(F)(F)F. The van der Waals surface area contributed by atoms with Gasteiger partial charge in [-0.25, -0.2) is 0 Å². The van der Waals surface area contributed by atoms with Crippen LogP contribution in [0.4, 0.5) is 13.2 Å². The predicted molar refractivity (Wildman–Crippen MR) is 66.9 cm³/mol. The number of carbonyl (C=O) groups is 1. The van der Waals surface area contributed by atoms with E-state index in [4.69, 9.17) is 0 Å². The first-order valence-corrected chi connectivity index (χ1v) is 5.97. The van der Waals surface area contributed by atoms with Gasteiger partial charge in [0, 0.05) is 12.1 Å². The van der Waals surface area contributed by atoms with Crippen molar-refractivity contribution >= 4 is 5.91 Å². The molecule has 3 nitrogen and oxygen atoms in total. The average Bonchev–Trinajstić information content (AvgIpc) is 2.33. The van der Waals surface area contributed by atoms with Gasteiger partial charge in [0.1, 0.15) is 0 Å². The standard InChI is InChI=1S/C13H17F3N2O/c1-18(10-13(14,15)16)9-5-8-17-12(19)11-6-3-2-4-7-11/h2-4,6-7H,5,8-10H2,1H3,(H,17,19). The number of nitrogens with zero attached hydrogens (tertiary/aromatic N) is 1. The van der Waals surface area contributed by atoms with Crippen molar-refractivity contribution in [3.8, 4) is 0 Å². The van der Waals surface area contributed by atoms with E-state index in [0.29, 0.717) is 18.5 Å². The molecule has 106 valence electrons. The monoisotopic (exact) mass is 274 g/mol. The van der Waals surface area contributed by atoms with Crippen LogP contribution in [0.25, 0.3) is 0 Å². The number of amides is 1. The van der Waals surface area contributed by atoms with Crippen molar-refractivity contribution in [1.82, 2.24) is 10.2 Å². The van der Waals surface area contributed by atoms with E-state index in [-0.39, 0.29) is 12.5 Å². The van der Waals surface area contributed by atoms with Crippen LogP contribution in [-0.2, 0) is 0 Å². The van der Waals surface area contributed by atoms with Crippen molar-refractivity contribution in [2.24, 2.45) is 0 Å². The molecule has 0 unspecified atom stereocenters. The van der Waals surface area contributed by atoms with E-state index in [1.165, 1.54) is 11.9 Å². The van der Waals surface area contributed by atoms with Crippen molar-refractivity contribution in [3.05, 3.63) is 35.9 Å². The van der Waals surface area contributed by atoms with E-state index < -0.39 is 12.7 Å². The summed E-state index contributed by atoms with van der Waals surface area (Å²) in [6.07, 6.45) is -3.70. The third-order valence-electron chi connectivity index (χ3n) is 2.49. The van der Waals surface area contributed by atoms with Gasteiger partial charge in [-0.3, -0.25) is 9.69 Å². The first-order chi connectivity index (χ1) is 8.88. The number of halogens is 3. The molecule has 0 atom stereocenters. The van der Waals surface area contributed by atoms with Gasteiger partial charge < -0.3 is 5.32 Å². The summed E-state index contributed by atoms with van der Waals surface area (Å²) >= 11 is 0. The highest BCUT2D eigenvalue weighted by atomic mass is 19.4.